The molecule has 1 fully saturated rings. The summed E-state index contributed by atoms with van der Waals surface area (Å²) < 4.78 is 0. The van der Waals surface area contributed by atoms with E-state index in [1.54, 1.807) is 0 Å². The second-order valence-corrected chi connectivity index (χ2v) is 9.66. The van der Waals surface area contributed by atoms with E-state index in [0.717, 1.165) is 60.7 Å². The summed E-state index contributed by atoms with van der Waals surface area (Å²) in [7, 11) is 1.91. The zero-order chi connectivity index (χ0) is 24.7. The average Bonchev–Trinajstić information content (AvgIpc) is 3.69. The standard InChI is InChI=1S/C32H42N2/c1-8-19-34(27(6)29-17-18-29)20-11-12-23(2)32-22-28(16-15-24(32)3)21-25(4)30-13-9-10-14-31(30)26(5)33-7/h9-10,13-16,22,29,33H,2,4-6,8,11-12,17-21H2,1,3,7H3. The van der Waals surface area contributed by atoms with Gasteiger partial charge in [0.05, 0.1) is 0 Å². The van der Waals surface area contributed by atoms with Crippen LogP contribution in [-0.2, 0) is 6.42 Å². The van der Waals surface area contributed by atoms with Gasteiger partial charge in [0.15, 0.2) is 0 Å². The minimum Gasteiger partial charge on any atom is -0.388 e. The fraction of sp³-hybridized carbons (Fsp3) is 0.375. The Balaban J connectivity index is 1.65. The maximum absolute atomic E-state index is 4.46. The molecule has 0 saturated heterocycles. The van der Waals surface area contributed by atoms with Crippen LogP contribution in [0.2, 0.25) is 0 Å². The summed E-state index contributed by atoms with van der Waals surface area (Å²) in [6.45, 7) is 24.0. The van der Waals surface area contributed by atoms with Crippen molar-refractivity contribution in [2.45, 2.75) is 52.4 Å². The lowest BCUT2D eigenvalue weighted by atomic mass is 9.91. The van der Waals surface area contributed by atoms with E-state index in [-0.39, 0.29) is 0 Å². The molecule has 0 atom stereocenters. The van der Waals surface area contributed by atoms with Gasteiger partial charge in [-0.25, -0.2) is 0 Å². The molecule has 2 heteroatoms. The number of allylic oxidation sites excluding steroid dienone is 3. The smallest absolute Gasteiger partial charge is 0.0344 e. The zero-order valence-corrected chi connectivity index (χ0v) is 21.6. The van der Waals surface area contributed by atoms with Crippen LogP contribution in [0, 0.1) is 12.8 Å². The predicted molar refractivity (Wildman–Crippen MR) is 150 cm³/mol. The molecule has 3 rings (SSSR count). The van der Waals surface area contributed by atoms with Crippen LogP contribution in [0.25, 0.3) is 16.8 Å². The van der Waals surface area contributed by atoms with Crippen LogP contribution in [0.5, 0.6) is 0 Å². The van der Waals surface area contributed by atoms with Gasteiger partial charge < -0.3 is 10.2 Å². The summed E-state index contributed by atoms with van der Waals surface area (Å²) in [4.78, 5) is 2.51. The van der Waals surface area contributed by atoms with Gasteiger partial charge in [0.25, 0.3) is 0 Å². The lowest BCUT2D eigenvalue weighted by Gasteiger charge is -2.26. The second kappa shape index (κ2) is 11.9. The van der Waals surface area contributed by atoms with Crippen molar-refractivity contribution in [2.75, 3.05) is 20.1 Å². The minimum absolute atomic E-state index is 0.734. The highest BCUT2D eigenvalue weighted by molar-refractivity contribution is 5.78. The molecule has 1 N–H and O–H groups in total. The van der Waals surface area contributed by atoms with Crippen molar-refractivity contribution in [2.24, 2.45) is 5.92 Å². The van der Waals surface area contributed by atoms with Gasteiger partial charge in [0.1, 0.15) is 0 Å². The Morgan fingerprint density at radius 2 is 1.65 bits per heavy atom. The molecule has 0 amide bonds. The van der Waals surface area contributed by atoms with Crippen molar-refractivity contribution in [3.8, 4) is 0 Å². The lowest BCUT2D eigenvalue weighted by molar-refractivity contribution is 0.325. The summed E-state index contributed by atoms with van der Waals surface area (Å²) in [6.07, 6.45) is 6.73. The van der Waals surface area contributed by atoms with Crippen molar-refractivity contribution in [3.63, 3.8) is 0 Å². The summed E-state index contributed by atoms with van der Waals surface area (Å²) in [5.74, 6) is 0.734. The molecular weight excluding hydrogens is 412 g/mol. The minimum atomic E-state index is 0.734. The highest BCUT2D eigenvalue weighted by atomic mass is 15.1. The first-order chi connectivity index (χ1) is 16.3. The second-order valence-electron chi connectivity index (χ2n) is 9.66. The van der Waals surface area contributed by atoms with E-state index in [2.05, 4.69) is 86.8 Å². The highest BCUT2D eigenvalue weighted by Crippen LogP contribution is 2.37. The summed E-state index contributed by atoms with van der Waals surface area (Å²) in [6, 6.07) is 15.1. The van der Waals surface area contributed by atoms with Gasteiger partial charge in [0, 0.05) is 37.1 Å². The number of nitrogens with one attached hydrogen (secondary N) is 1. The van der Waals surface area contributed by atoms with E-state index in [1.165, 1.54) is 47.2 Å². The Bertz CT molecular complexity index is 1050. The molecule has 0 aromatic heterocycles. The molecule has 0 aliphatic heterocycles. The van der Waals surface area contributed by atoms with Gasteiger partial charge in [0.2, 0.25) is 0 Å². The van der Waals surface area contributed by atoms with Crippen LogP contribution in [0.3, 0.4) is 0 Å². The molecule has 180 valence electrons. The van der Waals surface area contributed by atoms with Gasteiger partial charge in [-0.2, -0.15) is 0 Å². The van der Waals surface area contributed by atoms with Gasteiger partial charge in [-0.15, -0.1) is 0 Å². The monoisotopic (exact) mass is 454 g/mol. The van der Waals surface area contributed by atoms with E-state index in [9.17, 15) is 0 Å². The lowest BCUT2D eigenvalue weighted by Crippen LogP contribution is -2.25. The summed E-state index contributed by atoms with van der Waals surface area (Å²) in [5.41, 5.74) is 10.7. The number of rotatable bonds is 14. The molecule has 0 unspecified atom stereocenters. The Hall–Kier alpha value is -3.00. The van der Waals surface area contributed by atoms with E-state index in [4.69, 9.17) is 0 Å². The van der Waals surface area contributed by atoms with Gasteiger partial charge >= 0.3 is 0 Å². The first-order valence-electron chi connectivity index (χ1n) is 12.7. The van der Waals surface area contributed by atoms with Crippen LogP contribution in [0.4, 0.5) is 0 Å². The van der Waals surface area contributed by atoms with Crippen LogP contribution in [-0.4, -0.2) is 25.0 Å². The number of nitrogens with zero attached hydrogens (tertiary/aromatic N) is 1. The number of benzene rings is 2. The third-order valence-electron chi connectivity index (χ3n) is 6.89. The molecule has 2 nitrogen and oxygen atoms in total. The fourth-order valence-corrected chi connectivity index (χ4v) is 4.65. The van der Waals surface area contributed by atoms with Crippen molar-refractivity contribution in [3.05, 3.63) is 102 Å². The Labute approximate surface area is 207 Å². The topological polar surface area (TPSA) is 15.3 Å². The quantitative estimate of drug-likeness (QED) is 0.312. The molecule has 0 spiro atoms. The van der Waals surface area contributed by atoms with Crippen LogP contribution >= 0.6 is 0 Å². The van der Waals surface area contributed by atoms with Crippen LogP contribution in [0.15, 0.2) is 74.5 Å². The highest BCUT2D eigenvalue weighted by Gasteiger charge is 2.27. The third kappa shape index (κ3) is 6.53. The van der Waals surface area contributed by atoms with Crippen LogP contribution in [0.1, 0.15) is 66.8 Å². The fourth-order valence-electron chi connectivity index (χ4n) is 4.65. The van der Waals surface area contributed by atoms with E-state index < -0.39 is 0 Å². The normalized spacial score (nSPS) is 12.8. The molecule has 2 aromatic rings. The first-order valence-corrected chi connectivity index (χ1v) is 12.7. The van der Waals surface area contributed by atoms with Gasteiger partial charge in [-0.3, -0.25) is 0 Å². The summed E-state index contributed by atoms with van der Waals surface area (Å²) >= 11 is 0. The Morgan fingerprint density at radius 3 is 2.29 bits per heavy atom. The number of hydrogen-bond acceptors (Lipinski definition) is 2. The van der Waals surface area contributed by atoms with Crippen molar-refractivity contribution >= 4 is 16.8 Å². The molecule has 34 heavy (non-hydrogen) atoms. The van der Waals surface area contributed by atoms with E-state index in [0.29, 0.717) is 0 Å². The molecule has 1 saturated carbocycles. The van der Waals surface area contributed by atoms with Crippen molar-refractivity contribution < 1.29 is 0 Å². The Kier molecular flexibility index (Phi) is 8.98. The van der Waals surface area contributed by atoms with Gasteiger partial charge in [-0.1, -0.05) is 75.7 Å². The SMILES string of the molecule is C=C(CCCN(CCC)C(=C)C1CC1)c1cc(CC(=C)c2ccccc2C(=C)NC)ccc1C. The average molecular weight is 455 g/mol. The van der Waals surface area contributed by atoms with Crippen molar-refractivity contribution in [1.29, 1.82) is 0 Å². The summed E-state index contributed by atoms with van der Waals surface area (Å²) in [5, 5.41) is 3.17. The molecule has 1 aliphatic rings. The van der Waals surface area contributed by atoms with Crippen molar-refractivity contribution in [1.82, 2.24) is 10.2 Å². The molecule has 2 aromatic carbocycles. The predicted octanol–water partition coefficient (Wildman–Crippen LogP) is 7.87. The molecule has 0 radical (unpaired) electrons. The van der Waals surface area contributed by atoms with E-state index in [1.807, 2.05) is 13.1 Å². The third-order valence-corrected chi connectivity index (χ3v) is 6.89. The molecule has 1 aliphatic carbocycles. The molecule has 0 bridgehead atoms. The van der Waals surface area contributed by atoms with Gasteiger partial charge in [-0.05, 0) is 84.8 Å². The zero-order valence-electron chi connectivity index (χ0n) is 21.6. The van der Waals surface area contributed by atoms with E-state index >= 15 is 0 Å². The first kappa shape index (κ1) is 25.6. The molecular formula is C32H42N2. The molecule has 0 heterocycles. The maximum atomic E-state index is 4.46. The van der Waals surface area contributed by atoms with Crippen LogP contribution < -0.4 is 5.32 Å². The maximum Gasteiger partial charge on any atom is 0.0344 e. The number of aryl methyl sites for hydroxylation is 1. The Morgan fingerprint density at radius 1 is 0.941 bits per heavy atom. The largest absolute Gasteiger partial charge is 0.388 e. The number of hydrogen-bond donors (Lipinski definition) is 1.